The summed E-state index contributed by atoms with van der Waals surface area (Å²) in [4.78, 5) is 15.4. The van der Waals surface area contributed by atoms with E-state index in [2.05, 4.69) is 29.2 Å². The number of carbonyl (C=O) groups excluding carboxylic acids is 1. The van der Waals surface area contributed by atoms with Crippen LogP contribution in [0.3, 0.4) is 0 Å². The molecule has 0 fully saturated rings. The van der Waals surface area contributed by atoms with Gasteiger partial charge in [-0.15, -0.1) is 0 Å². The third-order valence-electron chi connectivity index (χ3n) is 2.18. The molecule has 0 saturated heterocycles. The Morgan fingerprint density at radius 3 is 2.81 bits per heavy atom. The van der Waals surface area contributed by atoms with Gasteiger partial charge in [-0.3, -0.25) is 4.79 Å². The van der Waals surface area contributed by atoms with Gasteiger partial charge in [0.05, 0.1) is 0 Å². The first kappa shape index (κ1) is 12.6. The average Bonchev–Trinajstić information content (AvgIpc) is 2.68. The quantitative estimate of drug-likeness (QED) is 0.700. The van der Waals surface area contributed by atoms with Crippen molar-refractivity contribution in [2.75, 3.05) is 6.54 Å². The zero-order valence-electron chi connectivity index (χ0n) is 9.76. The smallest absolute Gasteiger partial charge is 0.242 e. The lowest BCUT2D eigenvalue weighted by molar-refractivity contribution is -0.122. The van der Waals surface area contributed by atoms with Crippen molar-refractivity contribution in [2.24, 2.45) is 11.7 Å². The van der Waals surface area contributed by atoms with E-state index >= 15 is 0 Å². The molecular formula is C10H19N5O. The molecule has 0 aromatic carbocycles. The van der Waals surface area contributed by atoms with Gasteiger partial charge in [-0.1, -0.05) is 13.8 Å². The van der Waals surface area contributed by atoms with Crippen molar-refractivity contribution in [3.8, 4) is 0 Å². The minimum atomic E-state index is -0.0819. The van der Waals surface area contributed by atoms with Crippen LogP contribution in [0.4, 0.5) is 0 Å². The molecule has 3 N–H and O–H groups in total. The third-order valence-corrected chi connectivity index (χ3v) is 2.18. The van der Waals surface area contributed by atoms with E-state index in [-0.39, 0.29) is 18.5 Å². The largest absolute Gasteiger partial charge is 0.350 e. The Labute approximate surface area is 95.2 Å². The van der Waals surface area contributed by atoms with Gasteiger partial charge in [-0.25, -0.2) is 9.67 Å². The number of hydrogen-bond acceptors (Lipinski definition) is 4. The van der Waals surface area contributed by atoms with E-state index in [0.29, 0.717) is 12.5 Å². The van der Waals surface area contributed by atoms with E-state index in [1.807, 2.05) is 0 Å². The van der Waals surface area contributed by atoms with Gasteiger partial charge in [0.15, 0.2) is 0 Å². The highest BCUT2D eigenvalue weighted by molar-refractivity contribution is 5.75. The number of hydrogen-bond donors (Lipinski definition) is 2. The second kappa shape index (κ2) is 6.22. The second-order valence-corrected chi connectivity index (χ2v) is 4.22. The fourth-order valence-electron chi connectivity index (χ4n) is 1.52. The number of rotatable bonds is 6. The molecule has 6 heteroatoms. The van der Waals surface area contributed by atoms with Crippen molar-refractivity contribution >= 4 is 5.91 Å². The Morgan fingerprint density at radius 1 is 1.56 bits per heavy atom. The number of nitrogens with zero attached hydrogens (tertiary/aromatic N) is 3. The fourth-order valence-corrected chi connectivity index (χ4v) is 1.52. The van der Waals surface area contributed by atoms with Crippen molar-refractivity contribution in [2.45, 2.75) is 32.9 Å². The molecule has 1 aromatic heterocycles. The zero-order chi connectivity index (χ0) is 12.0. The lowest BCUT2D eigenvalue weighted by atomic mass is 10.0. The summed E-state index contributed by atoms with van der Waals surface area (Å²) in [5.74, 6) is 0.432. The maximum Gasteiger partial charge on any atom is 0.242 e. The standard InChI is InChI=1S/C10H19N5O/c1-8(2)3-9(4-11)14-10(16)5-15-7-12-6-13-15/h6-9H,3-5,11H2,1-2H3,(H,14,16). The molecule has 1 unspecified atom stereocenters. The molecule has 0 saturated carbocycles. The summed E-state index contributed by atoms with van der Waals surface area (Å²) in [6.45, 7) is 4.86. The number of nitrogens with one attached hydrogen (secondary N) is 1. The number of amides is 1. The van der Waals surface area contributed by atoms with Gasteiger partial charge < -0.3 is 11.1 Å². The molecular weight excluding hydrogens is 206 g/mol. The Balaban J connectivity index is 2.37. The van der Waals surface area contributed by atoms with Crippen molar-refractivity contribution in [3.63, 3.8) is 0 Å². The van der Waals surface area contributed by atoms with Crippen LogP contribution in [0.25, 0.3) is 0 Å². The summed E-state index contributed by atoms with van der Waals surface area (Å²) in [7, 11) is 0. The van der Waals surface area contributed by atoms with Crippen LogP contribution >= 0.6 is 0 Å². The minimum Gasteiger partial charge on any atom is -0.350 e. The van der Waals surface area contributed by atoms with Crippen LogP contribution < -0.4 is 11.1 Å². The summed E-state index contributed by atoms with van der Waals surface area (Å²) < 4.78 is 1.48. The average molecular weight is 225 g/mol. The molecule has 0 aliphatic heterocycles. The maximum absolute atomic E-state index is 11.6. The topological polar surface area (TPSA) is 85.8 Å². The van der Waals surface area contributed by atoms with E-state index in [4.69, 9.17) is 5.73 Å². The van der Waals surface area contributed by atoms with Crippen molar-refractivity contribution in [3.05, 3.63) is 12.7 Å². The molecule has 0 spiro atoms. The van der Waals surface area contributed by atoms with Crippen LogP contribution in [-0.2, 0) is 11.3 Å². The van der Waals surface area contributed by atoms with Gasteiger partial charge >= 0.3 is 0 Å². The first-order valence-electron chi connectivity index (χ1n) is 5.43. The highest BCUT2D eigenvalue weighted by Crippen LogP contribution is 2.03. The molecule has 90 valence electrons. The van der Waals surface area contributed by atoms with E-state index in [9.17, 15) is 4.79 Å². The third kappa shape index (κ3) is 4.39. The highest BCUT2D eigenvalue weighted by Gasteiger charge is 2.12. The fraction of sp³-hybridized carbons (Fsp3) is 0.700. The zero-order valence-corrected chi connectivity index (χ0v) is 9.76. The summed E-state index contributed by atoms with van der Waals surface area (Å²) in [6.07, 6.45) is 3.81. The molecule has 0 aliphatic rings. The number of aromatic nitrogens is 3. The lowest BCUT2D eigenvalue weighted by Crippen LogP contribution is -2.42. The molecule has 1 rings (SSSR count). The van der Waals surface area contributed by atoms with Crippen molar-refractivity contribution in [1.82, 2.24) is 20.1 Å². The SMILES string of the molecule is CC(C)CC(CN)NC(=O)Cn1cncn1. The monoisotopic (exact) mass is 225 g/mol. The van der Waals surface area contributed by atoms with E-state index in [1.165, 1.54) is 17.3 Å². The summed E-state index contributed by atoms with van der Waals surface area (Å²) in [5.41, 5.74) is 5.59. The molecule has 0 bridgehead atoms. The van der Waals surface area contributed by atoms with E-state index in [0.717, 1.165) is 6.42 Å². The first-order valence-corrected chi connectivity index (χ1v) is 5.43. The molecule has 1 atom stereocenters. The number of nitrogens with two attached hydrogens (primary N) is 1. The first-order chi connectivity index (χ1) is 7.61. The normalized spacial score (nSPS) is 12.8. The van der Waals surface area contributed by atoms with Gasteiger partial charge in [-0.2, -0.15) is 5.10 Å². The predicted molar refractivity (Wildman–Crippen MR) is 60.5 cm³/mol. The summed E-state index contributed by atoms with van der Waals surface area (Å²) in [6, 6.07) is 0.0380. The van der Waals surface area contributed by atoms with Crippen LogP contribution in [0.2, 0.25) is 0 Å². The van der Waals surface area contributed by atoms with Gasteiger partial charge in [0, 0.05) is 12.6 Å². The van der Waals surface area contributed by atoms with Gasteiger partial charge in [0.2, 0.25) is 5.91 Å². The Morgan fingerprint density at radius 2 is 2.31 bits per heavy atom. The van der Waals surface area contributed by atoms with Crippen LogP contribution in [0.5, 0.6) is 0 Å². The second-order valence-electron chi connectivity index (χ2n) is 4.22. The Hall–Kier alpha value is -1.43. The predicted octanol–water partition coefficient (Wildman–Crippen LogP) is -0.232. The summed E-state index contributed by atoms with van der Waals surface area (Å²) >= 11 is 0. The Bertz CT molecular complexity index is 309. The minimum absolute atomic E-state index is 0.0380. The van der Waals surface area contributed by atoms with Gasteiger partial charge in [0.25, 0.3) is 0 Å². The molecule has 0 aliphatic carbocycles. The highest BCUT2D eigenvalue weighted by atomic mass is 16.2. The molecule has 0 radical (unpaired) electrons. The lowest BCUT2D eigenvalue weighted by Gasteiger charge is -2.18. The maximum atomic E-state index is 11.6. The molecule has 1 heterocycles. The van der Waals surface area contributed by atoms with Crippen LogP contribution in [-0.4, -0.2) is 33.3 Å². The van der Waals surface area contributed by atoms with E-state index in [1.54, 1.807) is 0 Å². The van der Waals surface area contributed by atoms with Crippen molar-refractivity contribution < 1.29 is 4.79 Å². The van der Waals surface area contributed by atoms with Crippen LogP contribution in [0.1, 0.15) is 20.3 Å². The summed E-state index contributed by atoms with van der Waals surface area (Å²) in [5, 5.41) is 6.75. The Kier molecular flexibility index (Phi) is 4.91. The molecule has 6 nitrogen and oxygen atoms in total. The van der Waals surface area contributed by atoms with Crippen LogP contribution in [0.15, 0.2) is 12.7 Å². The number of carbonyl (C=O) groups is 1. The molecule has 16 heavy (non-hydrogen) atoms. The van der Waals surface area contributed by atoms with Gasteiger partial charge in [-0.05, 0) is 12.3 Å². The molecule has 1 aromatic rings. The molecule has 1 amide bonds. The van der Waals surface area contributed by atoms with Crippen molar-refractivity contribution in [1.29, 1.82) is 0 Å². The van der Waals surface area contributed by atoms with Gasteiger partial charge in [0.1, 0.15) is 19.2 Å². The van der Waals surface area contributed by atoms with Crippen LogP contribution in [0, 0.1) is 5.92 Å². The van der Waals surface area contributed by atoms with E-state index < -0.39 is 0 Å².